The Morgan fingerprint density at radius 2 is 1.00 bits per heavy atom. The number of fused-ring (bicyclic) bond motifs is 1. The van der Waals surface area contributed by atoms with Gasteiger partial charge in [-0.3, -0.25) is 19.2 Å². The number of hydrogen-bond donors (Lipinski definition) is 0. The van der Waals surface area contributed by atoms with Crippen molar-refractivity contribution in [1.29, 1.82) is 0 Å². The van der Waals surface area contributed by atoms with Crippen molar-refractivity contribution < 1.29 is 19.2 Å². The second-order valence-corrected chi connectivity index (χ2v) is 9.67. The number of carbonyl (C=O) groups excluding carboxylic acids is 4. The largest absolute Gasteiger partial charge is 0.339 e. The maximum atomic E-state index is 13.2. The molecule has 182 valence electrons. The third kappa shape index (κ3) is 4.59. The predicted octanol–water partition coefficient (Wildman–Crippen LogP) is 4.52. The summed E-state index contributed by atoms with van der Waals surface area (Å²) >= 11 is 0. The summed E-state index contributed by atoms with van der Waals surface area (Å²) in [6, 6.07) is 11.4. The lowest BCUT2D eigenvalue weighted by Gasteiger charge is -2.21. The maximum Gasteiger partial charge on any atom is 0.266 e. The first kappa shape index (κ1) is 23.3. The van der Waals surface area contributed by atoms with E-state index in [0.29, 0.717) is 22.4 Å². The van der Waals surface area contributed by atoms with Gasteiger partial charge in [-0.2, -0.15) is 0 Å². The number of hydrogen-bond acceptors (Lipinski definition) is 4. The van der Waals surface area contributed by atoms with E-state index in [1.54, 1.807) is 42.5 Å². The Bertz CT molecular complexity index is 1140. The van der Waals surface area contributed by atoms with Crippen LogP contribution in [0.4, 0.5) is 5.69 Å². The van der Waals surface area contributed by atoms with Crippen molar-refractivity contribution in [2.75, 3.05) is 31.1 Å². The molecule has 0 saturated carbocycles. The van der Waals surface area contributed by atoms with E-state index in [2.05, 4.69) is 0 Å². The van der Waals surface area contributed by atoms with Gasteiger partial charge in [-0.05, 0) is 68.1 Å². The summed E-state index contributed by atoms with van der Waals surface area (Å²) in [6.45, 7) is 2.96. The van der Waals surface area contributed by atoms with Crippen molar-refractivity contribution in [2.45, 2.75) is 51.4 Å². The second kappa shape index (κ2) is 10.0. The number of amides is 4. The normalized spacial score (nSPS) is 18.8. The molecular formula is C28H31N3O4. The van der Waals surface area contributed by atoms with Crippen LogP contribution in [-0.2, 0) is 0 Å². The molecule has 7 nitrogen and oxygen atoms in total. The van der Waals surface area contributed by atoms with E-state index in [0.717, 1.165) is 82.4 Å². The molecule has 5 rings (SSSR count). The van der Waals surface area contributed by atoms with E-state index in [4.69, 9.17) is 0 Å². The highest BCUT2D eigenvalue weighted by Crippen LogP contribution is 2.30. The monoisotopic (exact) mass is 473 g/mol. The minimum Gasteiger partial charge on any atom is -0.339 e. The molecule has 3 heterocycles. The highest BCUT2D eigenvalue weighted by atomic mass is 16.2. The maximum absolute atomic E-state index is 13.2. The molecule has 0 aromatic heterocycles. The molecule has 3 aliphatic rings. The number of anilines is 1. The Labute approximate surface area is 205 Å². The van der Waals surface area contributed by atoms with E-state index < -0.39 is 11.8 Å². The Balaban J connectivity index is 1.34. The fraction of sp³-hybridized carbons (Fsp3) is 0.429. The molecule has 0 atom stereocenters. The smallest absolute Gasteiger partial charge is 0.266 e. The summed E-state index contributed by atoms with van der Waals surface area (Å²) < 4.78 is 0. The highest BCUT2D eigenvalue weighted by Gasteiger charge is 2.37. The van der Waals surface area contributed by atoms with Gasteiger partial charge in [0, 0.05) is 37.3 Å². The Hall–Kier alpha value is -3.48. The van der Waals surface area contributed by atoms with Crippen molar-refractivity contribution in [3.05, 3.63) is 64.7 Å². The van der Waals surface area contributed by atoms with Crippen LogP contribution in [0.25, 0.3) is 0 Å². The summed E-state index contributed by atoms with van der Waals surface area (Å²) in [5, 5.41) is 0. The summed E-state index contributed by atoms with van der Waals surface area (Å²) in [4.78, 5) is 57.1. The van der Waals surface area contributed by atoms with Crippen LogP contribution in [0.2, 0.25) is 0 Å². The average Bonchev–Trinajstić information content (AvgIpc) is 3.21. The van der Waals surface area contributed by atoms with Crippen molar-refractivity contribution >= 4 is 29.3 Å². The number of likely N-dealkylation sites (tertiary alicyclic amines) is 2. The molecule has 2 aromatic rings. The third-order valence-electron chi connectivity index (χ3n) is 7.29. The summed E-state index contributed by atoms with van der Waals surface area (Å²) in [5.74, 6) is -0.963. The van der Waals surface area contributed by atoms with E-state index in [1.807, 2.05) is 9.80 Å². The fourth-order valence-electron chi connectivity index (χ4n) is 5.27. The zero-order valence-corrected chi connectivity index (χ0v) is 20.0. The first-order chi connectivity index (χ1) is 17.0. The molecule has 0 bridgehead atoms. The molecule has 4 amide bonds. The number of imide groups is 1. The quantitative estimate of drug-likeness (QED) is 0.614. The molecule has 35 heavy (non-hydrogen) atoms. The summed E-state index contributed by atoms with van der Waals surface area (Å²) in [7, 11) is 0. The highest BCUT2D eigenvalue weighted by molar-refractivity contribution is 6.34. The van der Waals surface area contributed by atoms with Crippen LogP contribution in [0.15, 0.2) is 42.5 Å². The molecule has 2 aromatic carbocycles. The molecular weight excluding hydrogens is 442 g/mol. The lowest BCUT2D eigenvalue weighted by atomic mass is 10.0. The minimum atomic E-state index is -0.442. The van der Waals surface area contributed by atoms with Gasteiger partial charge < -0.3 is 9.80 Å². The molecule has 0 aliphatic carbocycles. The second-order valence-electron chi connectivity index (χ2n) is 9.67. The van der Waals surface area contributed by atoms with Crippen LogP contribution in [-0.4, -0.2) is 59.6 Å². The lowest BCUT2D eigenvalue weighted by molar-refractivity contribution is 0.0754. The van der Waals surface area contributed by atoms with Crippen molar-refractivity contribution in [3.63, 3.8) is 0 Å². The molecule has 0 radical (unpaired) electrons. The van der Waals surface area contributed by atoms with E-state index in [1.165, 1.54) is 0 Å². The SMILES string of the molecule is O=C(c1ccc(N2C(=O)c3ccc(C(=O)N4CCCCCC4)cc3C2=O)cc1)N1CCCCCC1. The van der Waals surface area contributed by atoms with Gasteiger partial charge in [0.25, 0.3) is 23.6 Å². The van der Waals surface area contributed by atoms with Gasteiger partial charge in [-0.25, -0.2) is 4.90 Å². The number of benzene rings is 2. The molecule has 2 saturated heterocycles. The van der Waals surface area contributed by atoms with Gasteiger partial charge in [0.05, 0.1) is 16.8 Å². The van der Waals surface area contributed by atoms with Gasteiger partial charge in [0.15, 0.2) is 0 Å². The van der Waals surface area contributed by atoms with Crippen molar-refractivity contribution in [3.8, 4) is 0 Å². The van der Waals surface area contributed by atoms with Gasteiger partial charge in [-0.15, -0.1) is 0 Å². The van der Waals surface area contributed by atoms with Crippen molar-refractivity contribution in [2.24, 2.45) is 0 Å². The van der Waals surface area contributed by atoms with Crippen LogP contribution in [0, 0.1) is 0 Å². The van der Waals surface area contributed by atoms with Crippen LogP contribution >= 0.6 is 0 Å². The van der Waals surface area contributed by atoms with Crippen LogP contribution < -0.4 is 4.90 Å². The average molecular weight is 474 g/mol. The van der Waals surface area contributed by atoms with Crippen LogP contribution in [0.3, 0.4) is 0 Å². The van der Waals surface area contributed by atoms with Crippen molar-refractivity contribution in [1.82, 2.24) is 9.80 Å². The summed E-state index contributed by atoms with van der Waals surface area (Å²) in [6.07, 6.45) is 8.54. The fourth-order valence-corrected chi connectivity index (χ4v) is 5.27. The summed E-state index contributed by atoms with van der Waals surface area (Å²) in [5.41, 5.74) is 1.96. The molecule has 0 N–H and O–H groups in total. The van der Waals surface area contributed by atoms with E-state index >= 15 is 0 Å². The molecule has 2 fully saturated rings. The van der Waals surface area contributed by atoms with E-state index in [-0.39, 0.29) is 17.4 Å². The number of nitrogens with zero attached hydrogens (tertiary/aromatic N) is 3. The van der Waals surface area contributed by atoms with Gasteiger partial charge in [0.2, 0.25) is 0 Å². The molecule has 3 aliphatic heterocycles. The standard InChI is InChI=1S/C28H31N3O4/c32-25(29-15-5-1-2-6-16-29)20-9-12-22(13-10-20)31-27(34)23-14-11-21(19-24(23)28(31)35)26(33)30-17-7-3-4-8-18-30/h9-14,19H,1-8,15-18H2. The first-order valence-electron chi connectivity index (χ1n) is 12.8. The van der Waals surface area contributed by atoms with Gasteiger partial charge in [-0.1, -0.05) is 25.7 Å². The predicted molar refractivity (Wildman–Crippen MR) is 133 cm³/mol. The minimum absolute atomic E-state index is 0.0162. The number of carbonyl (C=O) groups is 4. The zero-order valence-electron chi connectivity index (χ0n) is 20.0. The first-order valence-corrected chi connectivity index (χ1v) is 12.8. The zero-order chi connectivity index (χ0) is 24.4. The topological polar surface area (TPSA) is 78.0 Å². The van der Waals surface area contributed by atoms with Gasteiger partial charge >= 0.3 is 0 Å². The van der Waals surface area contributed by atoms with Crippen LogP contribution in [0.1, 0.15) is 92.8 Å². The Morgan fingerprint density at radius 1 is 0.543 bits per heavy atom. The molecule has 0 unspecified atom stereocenters. The Morgan fingerprint density at radius 3 is 1.54 bits per heavy atom. The van der Waals surface area contributed by atoms with Crippen LogP contribution in [0.5, 0.6) is 0 Å². The third-order valence-corrected chi connectivity index (χ3v) is 7.29. The lowest BCUT2D eigenvalue weighted by Crippen LogP contribution is -2.32. The molecule has 0 spiro atoms. The number of rotatable bonds is 3. The van der Waals surface area contributed by atoms with Gasteiger partial charge in [0.1, 0.15) is 0 Å². The Kier molecular flexibility index (Phi) is 6.66. The van der Waals surface area contributed by atoms with E-state index in [9.17, 15) is 19.2 Å². The molecule has 7 heteroatoms.